The van der Waals surface area contributed by atoms with Crippen LogP contribution >= 0.6 is 0 Å². The van der Waals surface area contributed by atoms with E-state index in [1.165, 1.54) is 5.57 Å². The van der Waals surface area contributed by atoms with E-state index in [4.69, 9.17) is 5.73 Å². The molecule has 102 valence electrons. The van der Waals surface area contributed by atoms with Crippen molar-refractivity contribution in [1.82, 2.24) is 5.32 Å². The number of rotatable bonds is 5. The first-order valence-electron chi connectivity index (χ1n) is 6.70. The Morgan fingerprint density at radius 2 is 2.32 bits per heavy atom. The molecule has 4 N–H and O–H groups in total. The Kier molecular flexibility index (Phi) is 4.58. The number of aryl methyl sites for hydroxylation is 1. The van der Waals surface area contributed by atoms with Crippen LogP contribution in [0.3, 0.4) is 0 Å². The molecule has 0 saturated heterocycles. The largest absolute Gasteiger partial charge is 0.384 e. The fraction of sp³-hybridized carbons (Fsp3) is 0.400. The number of anilines is 1. The molecule has 0 spiro atoms. The Balaban J connectivity index is 1.96. The van der Waals surface area contributed by atoms with Gasteiger partial charge in [0, 0.05) is 18.8 Å². The van der Waals surface area contributed by atoms with Crippen molar-refractivity contribution in [2.24, 2.45) is 5.73 Å². The molecule has 0 aliphatic carbocycles. The minimum Gasteiger partial charge on any atom is -0.384 e. The molecule has 1 aromatic rings. The van der Waals surface area contributed by atoms with Crippen molar-refractivity contribution >= 4 is 11.6 Å². The molecule has 0 radical (unpaired) electrons. The second-order valence-corrected chi connectivity index (χ2v) is 4.91. The Bertz CT molecular complexity index is 494. The number of hydrogen-bond acceptors (Lipinski definition) is 3. The summed E-state index contributed by atoms with van der Waals surface area (Å²) in [7, 11) is 0. The lowest BCUT2D eigenvalue weighted by Crippen LogP contribution is -2.21. The summed E-state index contributed by atoms with van der Waals surface area (Å²) in [6, 6.07) is 5.65. The lowest BCUT2D eigenvalue weighted by atomic mass is 10.1. The van der Waals surface area contributed by atoms with Crippen LogP contribution in [-0.2, 0) is 0 Å². The van der Waals surface area contributed by atoms with Gasteiger partial charge in [-0.1, -0.05) is 17.7 Å². The molecule has 2 rings (SSSR count). The Labute approximate surface area is 114 Å². The maximum Gasteiger partial charge on any atom is 0.250 e. The fourth-order valence-corrected chi connectivity index (χ4v) is 2.27. The van der Waals surface area contributed by atoms with E-state index < -0.39 is 0 Å². The van der Waals surface area contributed by atoms with Crippen LogP contribution in [0.1, 0.15) is 28.8 Å². The second-order valence-electron chi connectivity index (χ2n) is 4.91. The number of benzene rings is 1. The van der Waals surface area contributed by atoms with Crippen LogP contribution in [0.5, 0.6) is 0 Å². The van der Waals surface area contributed by atoms with Crippen LogP contribution in [0.15, 0.2) is 29.8 Å². The highest BCUT2D eigenvalue weighted by molar-refractivity contribution is 5.98. The number of nitrogens with two attached hydrogens (primary N) is 1. The molecule has 0 unspecified atom stereocenters. The highest BCUT2D eigenvalue weighted by atomic mass is 16.1. The normalized spacial score (nSPS) is 14.9. The number of primary amides is 1. The van der Waals surface area contributed by atoms with Crippen LogP contribution in [0.25, 0.3) is 0 Å². The lowest BCUT2D eigenvalue weighted by molar-refractivity contribution is 0.100. The summed E-state index contributed by atoms with van der Waals surface area (Å²) in [6.45, 7) is 4.86. The van der Waals surface area contributed by atoms with Crippen molar-refractivity contribution in [3.8, 4) is 0 Å². The average Bonchev–Trinajstić information content (AvgIpc) is 2.39. The fourth-order valence-electron chi connectivity index (χ4n) is 2.27. The zero-order chi connectivity index (χ0) is 13.7. The third-order valence-electron chi connectivity index (χ3n) is 3.36. The number of hydrogen-bond donors (Lipinski definition) is 3. The molecule has 1 amide bonds. The molecule has 4 heteroatoms. The monoisotopic (exact) mass is 259 g/mol. The van der Waals surface area contributed by atoms with E-state index in [1.807, 2.05) is 19.1 Å². The smallest absolute Gasteiger partial charge is 0.250 e. The number of nitrogens with one attached hydrogen (secondary N) is 2. The molecule has 19 heavy (non-hydrogen) atoms. The first-order valence-corrected chi connectivity index (χ1v) is 6.70. The lowest BCUT2D eigenvalue weighted by Gasteiger charge is -2.15. The van der Waals surface area contributed by atoms with Gasteiger partial charge < -0.3 is 16.4 Å². The van der Waals surface area contributed by atoms with E-state index in [-0.39, 0.29) is 5.91 Å². The van der Waals surface area contributed by atoms with Gasteiger partial charge in [-0.25, -0.2) is 0 Å². The SMILES string of the molecule is Cc1ccc(C(N)=O)c(NCCC2=CCNCC2)c1. The van der Waals surface area contributed by atoms with Crippen LogP contribution in [-0.4, -0.2) is 25.5 Å². The molecule has 0 bridgehead atoms. The molecular weight excluding hydrogens is 238 g/mol. The van der Waals surface area contributed by atoms with Crippen molar-refractivity contribution < 1.29 is 4.79 Å². The van der Waals surface area contributed by atoms with Crippen LogP contribution < -0.4 is 16.4 Å². The summed E-state index contributed by atoms with van der Waals surface area (Å²) in [4.78, 5) is 11.4. The molecule has 1 aromatic carbocycles. The third kappa shape index (κ3) is 3.83. The summed E-state index contributed by atoms with van der Waals surface area (Å²) >= 11 is 0. The van der Waals surface area contributed by atoms with Crippen molar-refractivity contribution in [3.05, 3.63) is 41.0 Å². The van der Waals surface area contributed by atoms with E-state index >= 15 is 0 Å². The van der Waals surface area contributed by atoms with Crippen molar-refractivity contribution in [1.29, 1.82) is 0 Å². The Morgan fingerprint density at radius 3 is 3.00 bits per heavy atom. The second kappa shape index (κ2) is 6.38. The topological polar surface area (TPSA) is 67.2 Å². The van der Waals surface area contributed by atoms with Crippen molar-refractivity contribution in [2.75, 3.05) is 25.0 Å². The molecule has 4 nitrogen and oxygen atoms in total. The van der Waals surface area contributed by atoms with Gasteiger partial charge >= 0.3 is 0 Å². The predicted molar refractivity (Wildman–Crippen MR) is 78.4 cm³/mol. The Morgan fingerprint density at radius 1 is 1.47 bits per heavy atom. The van der Waals surface area contributed by atoms with E-state index in [1.54, 1.807) is 6.07 Å². The summed E-state index contributed by atoms with van der Waals surface area (Å²) in [5.74, 6) is -0.386. The average molecular weight is 259 g/mol. The standard InChI is InChI=1S/C15H21N3O/c1-11-2-3-13(15(16)19)14(10-11)18-9-6-12-4-7-17-8-5-12/h2-4,10,17-18H,5-9H2,1H3,(H2,16,19). The molecule has 0 aromatic heterocycles. The quantitative estimate of drug-likeness (QED) is 0.707. The van der Waals surface area contributed by atoms with Gasteiger partial charge in [-0.05, 0) is 44.0 Å². The molecule has 1 aliphatic rings. The summed E-state index contributed by atoms with van der Waals surface area (Å²) < 4.78 is 0. The van der Waals surface area contributed by atoms with Gasteiger partial charge in [0.2, 0.25) is 0 Å². The molecular formula is C15H21N3O. The van der Waals surface area contributed by atoms with Crippen LogP contribution in [0.4, 0.5) is 5.69 Å². The van der Waals surface area contributed by atoms with Gasteiger partial charge in [-0.15, -0.1) is 0 Å². The highest BCUT2D eigenvalue weighted by Gasteiger charge is 2.08. The van der Waals surface area contributed by atoms with Gasteiger partial charge in [-0.2, -0.15) is 0 Å². The van der Waals surface area contributed by atoms with Gasteiger partial charge in [0.1, 0.15) is 0 Å². The third-order valence-corrected chi connectivity index (χ3v) is 3.36. The van der Waals surface area contributed by atoms with Gasteiger partial charge in [0.15, 0.2) is 0 Å². The Hall–Kier alpha value is -1.81. The number of amides is 1. The molecule has 0 fully saturated rings. The zero-order valence-electron chi connectivity index (χ0n) is 11.3. The van der Waals surface area contributed by atoms with E-state index in [0.717, 1.165) is 43.7 Å². The minimum absolute atomic E-state index is 0.386. The van der Waals surface area contributed by atoms with E-state index in [0.29, 0.717) is 5.56 Å². The predicted octanol–water partition coefficient (Wildman–Crippen LogP) is 1.82. The highest BCUT2D eigenvalue weighted by Crippen LogP contribution is 2.18. The van der Waals surface area contributed by atoms with Crippen LogP contribution in [0, 0.1) is 6.92 Å². The van der Waals surface area contributed by atoms with Crippen molar-refractivity contribution in [3.63, 3.8) is 0 Å². The summed E-state index contributed by atoms with van der Waals surface area (Å²) in [5, 5.41) is 6.62. The van der Waals surface area contributed by atoms with E-state index in [9.17, 15) is 4.79 Å². The van der Waals surface area contributed by atoms with Crippen molar-refractivity contribution in [2.45, 2.75) is 19.8 Å². The summed E-state index contributed by atoms with van der Waals surface area (Å²) in [5.41, 5.74) is 9.37. The number of carbonyl (C=O) groups excluding carboxylic acids is 1. The maximum atomic E-state index is 11.4. The van der Waals surface area contributed by atoms with Gasteiger partial charge in [-0.3, -0.25) is 4.79 Å². The summed E-state index contributed by atoms with van der Waals surface area (Å²) in [6.07, 6.45) is 4.36. The molecule has 1 aliphatic heterocycles. The molecule has 0 atom stereocenters. The van der Waals surface area contributed by atoms with E-state index in [2.05, 4.69) is 16.7 Å². The molecule has 1 heterocycles. The number of carbonyl (C=O) groups is 1. The first kappa shape index (κ1) is 13.6. The first-order chi connectivity index (χ1) is 9.16. The zero-order valence-corrected chi connectivity index (χ0v) is 11.3. The van der Waals surface area contributed by atoms with Crippen LogP contribution in [0.2, 0.25) is 0 Å². The maximum absolute atomic E-state index is 11.4. The van der Waals surface area contributed by atoms with Gasteiger partial charge in [0.25, 0.3) is 5.91 Å². The minimum atomic E-state index is -0.386. The molecule has 0 saturated carbocycles. The van der Waals surface area contributed by atoms with Gasteiger partial charge in [0.05, 0.1) is 5.56 Å².